The molecule has 1 rings (SSSR count). The number of carbonyl (C=O) groups excluding carboxylic acids is 1. The number of esters is 1. The van der Waals surface area contributed by atoms with E-state index in [2.05, 4.69) is 13.8 Å². The first-order valence-corrected chi connectivity index (χ1v) is 4.31. The van der Waals surface area contributed by atoms with Crippen molar-refractivity contribution in [2.45, 2.75) is 39.7 Å². The topological polar surface area (TPSA) is 26.3 Å². The first kappa shape index (κ1) is 8.57. The maximum atomic E-state index is 11.2. The Morgan fingerprint density at radius 1 is 1.45 bits per heavy atom. The Labute approximate surface area is 67.9 Å². The quantitative estimate of drug-likeness (QED) is 0.543. The molecule has 0 aliphatic carbocycles. The summed E-state index contributed by atoms with van der Waals surface area (Å²) >= 11 is 0. The van der Waals surface area contributed by atoms with Crippen LogP contribution in [0.3, 0.4) is 0 Å². The molecule has 1 saturated heterocycles. The van der Waals surface area contributed by atoms with Crippen molar-refractivity contribution in [2.24, 2.45) is 11.8 Å². The lowest BCUT2D eigenvalue weighted by Gasteiger charge is -2.27. The van der Waals surface area contributed by atoms with E-state index in [9.17, 15) is 4.79 Å². The Morgan fingerprint density at radius 2 is 2.09 bits per heavy atom. The van der Waals surface area contributed by atoms with Gasteiger partial charge in [0.15, 0.2) is 0 Å². The van der Waals surface area contributed by atoms with Crippen molar-refractivity contribution in [3.05, 3.63) is 0 Å². The second-order valence-electron chi connectivity index (χ2n) is 3.68. The SMILES string of the molecule is CC(C)[C@H]1CC[C@@H](C)OC1=O. The van der Waals surface area contributed by atoms with Gasteiger partial charge in [0.2, 0.25) is 0 Å². The minimum absolute atomic E-state index is 0.00116. The van der Waals surface area contributed by atoms with Gasteiger partial charge in [-0.3, -0.25) is 4.79 Å². The molecule has 64 valence electrons. The number of rotatable bonds is 1. The van der Waals surface area contributed by atoms with Crippen LogP contribution in [0.15, 0.2) is 0 Å². The minimum Gasteiger partial charge on any atom is -0.462 e. The zero-order chi connectivity index (χ0) is 8.43. The Hall–Kier alpha value is -0.530. The lowest BCUT2D eigenvalue weighted by Crippen LogP contribution is -2.32. The molecule has 0 spiro atoms. The molecular formula is C9H16O2. The molecule has 1 heterocycles. The molecule has 0 N–H and O–H groups in total. The van der Waals surface area contributed by atoms with Gasteiger partial charge in [0, 0.05) is 0 Å². The zero-order valence-electron chi connectivity index (χ0n) is 7.46. The number of carbonyl (C=O) groups is 1. The normalized spacial score (nSPS) is 32.2. The predicted octanol–water partition coefficient (Wildman–Crippen LogP) is 1.98. The van der Waals surface area contributed by atoms with E-state index in [0.29, 0.717) is 5.92 Å². The fourth-order valence-corrected chi connectivity index (χ4v) is 1.48. The van der Waals surface area contributed by atoms with Crippen molar-refractivity contribution in [2.75, 3.05) is 0 Å². The van der Waals surface area contributed by atoms with Crippen LogP contribution in [0.5, 0.6) is 0 Å². The average molecular weight is 156 g/mol. The van der Waals surface area contributed by atoms with Crippen molar-refractivity contribution in [3.63, 3.8) is 0 Å². The van der Waals surface area contributed by atoms with Gasteiger partial charge in [-0.2, -0.15) is 0 Å². The molecule has 11 heavy (non-hydrogen) atoms. The third-order valence-corrected chi connectivity index (χ3v) is 2.31. The van der Waals surface area contributed by atoms with Crippen LogP contribution in [0.25, 0.3) is 0 Å². The second kappa shape index (κ2) is 3.24. The fourth-order valence-electron chi connectivity index (χ4n) is 1.48. The molecule has 1 fully saturated rings. The molecule has 1 aliphatic rings. The highest BCUT2D eigenvalue weighted by molar-refractivity contribution is 5.73. The molecule has 2 nitrogen and oxygen atoms in total. The monoisotopic (exact) mass is 156 g/mol. The first-order valence-electron chi connectivity index (χ1n) is 4.31. The average Bonchev–Trinajstić information content (AvgIpc) is 1.85. The largest absolute Gasteiger partial charge is 0.462 e. The minimum atomic E-state index is -0.00116. The summed E-state index contributed by atoms with van der Waals surface area (Å²) in [7, 11) is 0. The predicted molar refractivity (Wildman–Crippen MR) is 43.1 cm³/mol. The van der Waals surface area contributed by atoms with Crippen molar-refractivity contribution in [3.8, 4) is 0 Å². The van der Waals surface area contributed by atoms with Gasteiger partial charge in [0.25, 0.3) is 0 Å². The van der Waals surface area contributed by atoms with Crippen LogP contribution >= 0.6 is 0 Å². The Bertz CT molecular complexity index is 152. The molecule has 2 atom stereocenters. The van der Waals surface area contributed by atoms with Crippen LogP contribution < -0.4 is 0 Å². The summed E-state index contributed by atoms with van der Waals surface area (Å²) in [5.41, 5.74) is 0. The Kier molecular flexibility index (Phi) is 2.53. The molecule has 1 aliphatic heterocycles. The second-order valence-corrected chi connectivity index (χ2v) is 3.68. The lowest BCUT2D eigenvalue weighted by molar-refractivity contribution is -0.161. The summed E-state index contributed by atoms with van der Waals surface area (Å²) in [5.74, 6) is 0.569. The van der Waals surface area contributed by atoms with E-state index >= 15 is 0 Å². The summed E-state index contributed by atoms with van der Waals surface area (Å²) in [6, 6.07) is 0. The smallest absolute Gasteiger partial charge is 0.309 e. The van der Waals surface area contributed by atoms with Gasteiger partial charge in [-0.05, 0) is 25.7 Å². The molecular weight excluding hydrogens is 140 g/mol. The van der Waals surface area contributed by atoms with Crippen LogP contribution in [0.4, 0.5) is 0 Å². The van der Waals surface area contributed by atoms with Gasteiger partial charge in [-0.1, -0.05) is 13.8 Å². The molecule has 0 unspecified atom stereocenters. The van der Waals surface area contributed by atoms with E-state index in [4.69, 9.17) is 4.74 Å². The Balaban J connectivity index is 2.51. The summed E-state index contributed by atoms with van der Waals surface area (Å²) in [5, 5.41) is 0. The molecule has 0 radical (unpaired) electrons. The zero-order valence-corrected chi connectivity index (χ0v) is 7.46. The summed E-state index contributed by atoms with van der Waals surface area (Å²) < 4.78 is 5.12. The van der Waals surface area contributed by atoms with Gasteiger partial charge in [-0.25, -0.2) is 0 Å². The van der Waals surface area contributed by atoms with Gasteiger partial charge >= 0.3 is 5.97 Å². The van der Waals surface area contributed by atoms with E-state index < -0.39 is 0 Å². The summed E-state index contributed by atoms with van der Waals surface area (Å²) in [6.07, 6.45) is 2.16. The highest BCUT2D eigenvalue weighted by Gasteiger charge is 2.29. The highest BCUT2D eigenvalue weighted by atomic mass is 16.5. The van der Waals surface area contributed by atoms with Crippen LogP contribution in [0.2, 0.25) is 0 Å². The van der Waals surface area contributed by atoms with Crippen LogP contribution in [-0.2, 0) is 9.53 Å². The van der Waals surface area contributed by atoms with Crippen molar-refractivity contribution in [1.29, 1.82) is 0 Å². The molecule has 0 bridgehead atoms. The lowest BCUT2D eigenvalue weighted by atomic mass is 9.88. The van der Waals surface area contributed by atoms with Crippen molar-refractivity contribution in [1.82, 2.24) is 0 Å². The van der Waals surface area contributed by atoms with Gasteiger partial charge in [0.1, 0.15) is 0 Å². The van der Waals surface area contributed by atoms with Crippen molar-refractivity contribution >= 4 is 5.97 Å². The molecule has 0 aromatic carbocycles. The van der Waals surface area contributed by atoms with E-state index in [-0.39, 0.29) is 18.0 Å². The molecule has 0 saturated carbocycles. The first-order chi connectivity index (χ1) is 5.11. The molecule has 0 aromatic rings. The molecule has 2 heteroatoms. The van der Waals surface area contributed by atoms with E-state index in [1.807, 2.05) is 6.92 Å². The fraction of sp³-hybridized carbons (Fsp3) is 0.889. The van der Waals surface area contributed by atoms with E-state index in [1.165, 1.54) is 0 Å². The van der Waals surface area contributed by atoms with Crippen LogP contribution in [-0.4, -0.2) is 12.1 Å². The van der Waals surface area contributed by atoms with Gasteiger partial charge < -0.3 is 4.74 Å². The number of hydrogen-bond acceptors (Lipinski definition) is 2. The maximum Gasteiger partial charge on any atom is 0.309 e. The standard InChI is InChI=1S/C9H16O2/c1-6(2)8-5-4-7(3)11-9(8)10/h6-8H,4-5H2,1-3H3/t7-,8-/m1/s1. The third kappa shape index (κ3) is 1.95. The van der Waals surface area contributed by atoms with E-state index in [1.54, 1.807) is 0 Å². The Morgan fingerprint density at radius 3 is 2.55 bits per heavy atom. The highest BCUT2D eigenvalue weighted by Crippen LogP contribution is 2.25. The number of hydrogen-bond donors (Lipinski definition) is 0. The van der Waals surface area contributed by atoms with Crippen LogP contribution in [0, 0.1) is 11.8 Å². The number of cyclic esters (lactones) is 1. The molecule has 0 amide bonds. The van der Waals surface area contributed by atoms with Crippen LogP contribution in [0.1, 0.15) is 33.6 Å². The molecule has 0 aromatic heterocycles. The number of ether oxygens (including phenoxy) is 1. The van der Waals surface area contributed by atoms with Gasteiger partial charge in [-0.15, -0.1) is 0 Å². The van der Waals surface area contributed by atoms with E-state index in [0.717, 1.165) is 12.8 Å². The summed E-state index contributed by atoms with van der Waals surface area (Å²) in [6.45, 7) is 6.10. The van der Waals surface area contributed by atoms with Gasteiger partial charge in [0.05, 0.1) is 12.0 Å². The maximum absolute atomic E-state index is 11.2. The van der Waals surface area contributed by atoms with Crippen molar-refractivity contribution < 1.29 is 9.53 Å². The summed E-state index contributed by atoms with van der Waals surface area (Å²) in [4.78, 5) is 11.2. The third-order valence-electron chi connectivity index (χ3n) is 2.31.